The summed E-state index contributed by atoms with van der Waals surface area (Å²) in [5, 5.41) is 3.56. The van der Waals surface area contributed by atoms with Gasteiger partial charge in [-0.15, -0.1) is 11.3 Å². The zero-order valence-electron chi connectivity index (χ0n) is 17.9. The molecule has 4 rings (SSSR count). The van der Waals surface area contributed by atoms with Crippen LogP contribution in [0.3, 0.4) is 0 Å². The van der Waals surface area contributed by atoms with E-state index in [1.165, 1.54) is 15.6 Å². The van der Waals surface area contributed by atoms with E-state index in [9.17, 15) is 13.2 Å². The summed E-state index contributed by atoms with van der Waals surface area (Å²) < 4.78 is 28.1. The van der Waals surface area contributed by atoms with Crippen molar-refractivity contribution in [2.75, 3.05) is 26.2 Å². The molecule has 1 aromatic carbocycles. The molecule has 31 heavy (non-hydrogen) atoms. The summed E-state index contributed by atoms with van der Waals surface area (Å²) in [4.78, 5) is 23.6. The Balaban J connectivity index is 1.48. The first kappa shape index (κ1) is 21.9. The maximum Gasteiger partial charge on any atom is 0.273 e. The second-order valence-electron chi connectivity index (χ2n) is 8.26. The number of hydrogen-bond acceptors (Lipinski definition) is 6. The number of sulfonamides is 1. The second kappa shape index (κ2) is 8.64. The van der Waals surface area contributed by atoms with Crippen LogP contribution in [-0.2, 0) is 16.4 Å². The minimum Gasteiger partial charge on any atom is -0.335 e. The van der Waals surface area contributed by atoms with Gasteiger partial charge in [0.2, 0.25) is 10.0 Å². The molecule has 0 unspecified atom stereocenters. The summed E-state index contributed by atoms with van der Waals surface area (Å²) in [5.74, 6) is 0.348. The first-order valence-electron chi connectivity index (χ1n) is 10.3. The van der Waals surface area contributed by atoms with Gasteiger partial charge in [-0.2, -0.15) is 4.31 Å². The van der Waals surface area contributed by atoms with Gasteiger partial charge in [0, 0.05) is 49.6 Å². The molecule has 0 aliphatic carbocycles. The van der Waals surface area contributed by atoms with Crippen molar-refractivity contribution >= 4 is 38.2 Å². The van der Waals surface area contributed by atoms with Gasteiger partial charge < -0.3 is 4.90 Å². The molecule has 0 atom stereocenters. The summed E-state index contributed by atoms with van der Waals surface area (Å²) in [7, 11) is -3.71. The topological polar surface area (TPSA) is 83.5 Å². The number of carbonyl (C=O) groups is 1. The fourth-order valence-corrected chi connectivity index (χ4v) is 6.31. The number of fused-ring (bicyclic) bond motifs is 1. The van der Waals surface area contributed by atoms with Crippen molar-refractivity contribution in [2.24, 2.45) is 5.92 Å². The van der Waals surface area contributed by atoms with Gasteiger partial charge in [-0.3, -0.25) is 9.78 Å². The molecule has 7 nitrogen and oxygen atoms in total. The van der Waals surface area contributed by atoms with Crippen LogP contribution in [0.5, 0.6) is 0 Å². The van der Waals surface area contributed by atoms with Crippen molar-refractivity contribution in [3.8, 4) is 0 Å². The predicted molar refractivity (Wildman–Crippen MR) is 122 cm³/mol. The van der Waals surface area contributed by atoms with Crippen LogP contribution in [0.15, 0.2) is 40.7 Å². The number of para-hydroxylation sites is 1. The molecule has 3 aromatic rings. The molecule has 0 N–H and O–H groups in total. The smallest absolute Gasteiger partial charge is 0.273 e. The SMILES string of the molecule is Cc1cnc2c(S(=O)(=O)N3CCN(C(=O)c4csc(CC(C)C)n4)CC3)cccc2c1. The molecule has 3 heterocycles. The lowest BCUT2D eigenvalue weighted by Crippen LogP contribution is -2.50. The monoisotopic (exact) mass is 458 g/mol. The van der Waals surface area contributed by atoms with E-state index in [-0.39, 0.29) is 23.9 Å². The van der Waals surface area contributed by atoms with Crippen molar-refractivity contribution in [2.45, 2.75) is 32.1 Å². The normalized spacial score (nSPS) is 15.7. The highest BCUT2D eigenvalue weighted by molar-refractivity contribution is 7.89. The lowest BCUT2D eigenvalue weighted by Gasteiger charge is -2.33. The van der Waals surface area contributed by atoms with E-state index < -0.39 is 10.0 Å². The second-order valence-corrected chi connectivity index (χ2v) is 11.1. The molecule has 0 bridgehead atoms. The lowest BCUT2D eigenvalue weighted by molar-refractivity contribution is 0.0692. The number of aromatic nitrogens is 2. The lowest BCUT2D eigenvalue weighted by atomic mass is 10.1. The first-order chi connectivity index (χ1) is 14.8. The summed E-state index contributed by atoms with van der Waals surface area (Å²) in [6, 6.07) is 7.14. The van der Waals surface area contributed by atoms with Gasteiger partial charge in [0.15, 0.2) is 0 Å². The molecule has 0 radical (unpaired) electrons. The van der Waals surface area contributed by atoms with Crippen LogP contribution < -0.4 is 0 Å². The molecule has 1 aliphatic heterocycles. The number of amides is 1. The third-order valence-corrected chi connectivity index (χ3v) is 8.11. The van der Waals surface area contributed by atoms with Gasteiger partial charge in [-0.1, -0.05) is 26.0 Å². The maximum atomic E-state index is 13.3. The number of rotatable bonds is 5. The van der Waals surface area contributed by atoms with Crippen molar-refractivity contribution in [3.63, 3.8) is 0 Å². The Bertz CT molecular complexity index is 1210. The summed E-state index contributed by atoms with van der Waals surface area (Å²) in [5.41, 5.74) is 1.91. The molecule has 1 fully saturated rings. The van der Waals surface area contributed by atoms with Crippen LogP contribution in [0.2, 0.25) is 0 Å². The van der Waals surface area contributed by atoms with E-state index in [2.05, 4.69) is 23.8 Å². The molecule has 2 aromatic heterocycles. The molecule has 1 aliphatic rings. The molecular weight excluding hydrogens is 432 g/mol. The highest BCUT2D eigenvalue weighted by atomic mass is 32.2. The summed E-state index contributed by atoms with van der Waals surface area (Å²) >= 11 is 1.50. The number of pyridine rings is 1. The average molecular weight is 459 g/mol. The standard InChI is InChI=1S/C22H26N4O3S2/c1-15(2)11-20-24-18(14-30-20)22(27)25-7-9-26(10-8-25)31(28,29)19-6-4-5-17-12-16(3)13-23-21(17)19/h4-6,12-15H,7-11H2,1-3H3. The van der Waals surface area contributed by atoms with Crippen molar-refractivity contribution in [3.05, 3.63) is 52.1 Å². The van der Waals surface area contributed by atoms with Crippen LogP contribution in [-0.4, -0.2) is 59.7 Å². The Morgan fingerprint density at radius 3 is 2.65 bits per heavy atom. The minimum atomic E-state index is -3.71. The molecular formula is C22H26N4O3S2. The Hall–Kier alpha value is -2.36. The largest absolute Gasteiger partial charge is 0.335 e. The van der Waals surface area contributed by atoms with E-state index in [4.69, 9.17) is 0 Å². The molecule has 164 valence electrons. The van der Waals surface area contributed by atoms with Crippen LogP contribution in [0.4, 0.5) is 0 Å². The van der Waals surface area contributed by atoms with E-state index >= 15 is 0 Å². The van der Waals surface area contributed by atoms with Gasteiger partial charge >= 0.3 is 0 Å². The number of piperazine rings is 1. The van der Waals surface area contributed by atoms with Gasteiger partial charge in [0.1, 0.15) is 10.6 Å². The molecule has 9 heteroatoms. The molecule has 0 spiro atoms. The van der Waals surface area contributed by atoms with E-state index in [0.717, 1.165) is 22.4 Å². The third-order valence-electron chi connectivity index (χ3n) is 5.31. The van der Waals surface area contributed by atoms with E-state index in [1.807, 2.05) is 19.1 Å². The van der Waals surface area contributed by atoms with Gasteiger partial charge in [-0.05, 0) is 30.5 Å². The van der Waals surface area contributed by atoms with E-state index in [1.54, 1.807) is 28.6 Å². The zero-order valence-corrected chi connectivity index (χ0v) is 19.5. The van der Waals surface area contributed by atoms with Gasteiger partial charge in [0.05, 0.1) is 10.5 Å². The van der Waals surface area contributed by atoms with Gasteiger partial charge in [0.25, 0.3) is 5.91 Å². The van der Waals surface area contributed by atoms with Crippen LogP contribution >= 0.6 is 11.3 Å². The number of aryl methyl sites for hydroxylation is 1. The highest BCUT2D eigenvalue weighted by Crippen LogP contribution is 2.26. The maximum absolute atomic E-state index is 13.3. The fraction of sp³-hybridized carbons (Fsp3) is 0.409. The quantitative estimate of drug-likeness (QED) is 0.586. The summed E-state index contributed by atoms with van der Waals surface area (Å²) in [6.07, 6.45) is 2.53. The number of carbonyl (C=O) groups excluding carboxylic acids is 1. The Kier molecular flexibility index (Phi) is 6.09. The number of hydrogen-bond donors (Lipinski definition) is 0. The van der Waals surface area contributed by atoms with Crippen LogP contribution in [0, 0.1) is 12.8 Å². The Labute approximate surface area is 186 Å². The first-order valence-corrected chi connectivity index (χ1v) is 12.7. The number of thiazole rings is 1. The van der Waals surface area contributed by atoms with Gasteiger partial charge in [-0.25, -0.2) is 13.4 Å². The average Bonchev–Trinajstić information content (AvgIpc) is 3.20. The highest BCUT2D eigenvalue weighted by Gasteiger charge is 2.32. The molecule has 0 saturated carbocycles. The zero-order chi connectivity index (χ0) is 22.2. The van der Waals surface area contributed by atoms with Crippen molar-refractivity contribution in [1.29, 1.82) is 0 Å². The van der Waals surface area contributed by atoms with E-state index in [0.29, 0.717) is 30.2 Å². The van der Waals surface area contributed by atoms with Crippen molar-refractivity contribution in [1.82, 2.24) is 19.2 Å². The minimum absolute atomic E-state index is 0.134. The van der Waals surface area contributed by atoms with Crippen molar-refractivity contribution < 1.29 is 13.2 Å². The fourth-order valence-electron chi connectivity index (χ4n) is 3.74. The molecule has 1 saturated heterocycles. The third kappa shape index (κ3) is 4.49. The van der Waals surface area contributed by atoms with Crippen LogP contribution in [0.1, 0.15) is 34.9 Å². The predicted octanol–water partition coefficient (Wildman–Crippen LogP) is 3.34. The Morgan fingerprint density at radius 1 is 1.19 bits per heavy atom. The number of benzene rings is 1. The van der Waals surface area contributed by atoms with Crippen LogP contribution in [0.25, 0.3) is 10.9 Å². The Morgan fingerprint density at radius 2 is 1.94 bits per heavy atom. The molecule has 1 amide bonds. The number of nitrogens with zero attached hydrogens (tertiary/aromatic N) is 4. The summed E-state index contributed by atoms with van der Waals surface area (Å²) in [6.45, 7) is 7.35.